The molecule has 1 unspecified atom stereocenters. The molecule has 0 saturated carbocycles. The van der Waals surface area contributed by atoms with Gasteiger partial charge in [0.15, 0.2) is 6.29 Å². The summed E-state index contributed by atoms with van der Waals surface area (Å²) in [5.41, 5.74) is 0.720. The highest BCUT2D eigenvalue weighted by molar-refractivity contribution is 5.89. The van der Waals surface area contributed by atoms with Gasteiger partial charge in [-0.25, -0.2) is 4.79 Å². The molecule has 0 bridgehead atoms. The smallest absolute Gasteiger partial charge is 0.319 e. The van der Waals surface area contributed by atoms with E-state index in [9.17, 15) is 9.59 Å². The zero-order valence-electron chi connectivity index (χ0n) is 14.3. The summed E-state index contributed by atoms with van der Waals surface area (Å²) in [7, 11) is 0. The van der Waals surface area contributed by atoms with Crippen LogP contribution in [-0.4, -0.2) is 55.5 Å². The molecule has 7 heteroatoms. The predicted molar refractivity (Wildman–Crippen MR) is 93.1 cm³/mol. The molecule has 0 spiro atoms. The summed E-state index contributed by atoms with van der Waals surface area (Å²) in [6.07, 6.45) is 2.94. The summed E-state index contributed by atoms with van der Waals surface area (Å²) in [6.45, 7) is 2.20. The lowest BCUT2D eigenvalue weighted by molar-refractivity contribution is -0.150. The number of hydrogen-bond donors (Lipinski definition) is 2. The zero-order valence-corrected chi connectivity index (χ0v) is 14.3. The van der Waals surface area contributed by atoms with Crippen molar-refractivity contribution in [3.05, 3.63) is 30.3 Å². The molecule has 3 rings (SSSR count). The standard InChI is InChI=1S/C18H25N3O4/c22-16(9-10-19-18(23)20-14-6-2-1-3-7-14)21-11-5-4-8-15(21)17-24-12-13-25-17/h1-3,6-7,15,17H,4-5,8-13H2,(H2,19,20,23). The number of carbonyl (C=O) groups is 2. The molecule has 7 nitrogen and oxygen atoms in total. The van der Waals surface area contributed by atoms with Crippen LogP contribution in [0.3, 0.4) is 0 Å². The molecule has 0 aromatic heterocycles. The fourth-order valence-corrected chi connectivity index (χ4v) is 3.27. The molecule has 2 aliphatic rings. The fourth-order valence-electron chi connectivity index (χ4n) is 3.27. The number of amides is 3. The van der Waals surface area contributed by atoms with Gasteiger partial charge >= 0.3 is 6.03 Å². The predicted octanol–water partition coefficient (Wildman–Crippen LogP) is 1.95. The van der Waals surface area contributed by atoms with Crippen molar-refractivity contribution in [3.8, 4) is 0 Å². The van der Waals surface area contributed by atoms with Gasteiger partial charge in [0.1, 0.15) is 0 Å². The number of benzene rings is 1. The van der Waals surface area contributed by atoms with Crippen molar-refractivity contribution < 1.29 is 19.1 Å². The summed E-state index contributed by atoms with van der Waals surface area (Å²) in [5.74, 6) is 0.0313. The van der Waals surface area contributed by atoms with E-state index in [0.29, 0.717) is 19.8 Å². The van der Waals surface area contributed by atoms with Crippen LogP contribution in [0.1, 0.15) is 25.7 Å². The van der Waals surface area contributed by atoms with Crippen LogP contribution >= 0.6 is 0 Å². The summed E-state index contributed by atoms with van der Waals surface area (Å²) in [4.78, 5) is 26.3. The van der Waals surface area contributed by atoms with Crippen molar-refractivity contribution in [3.63, 3.8) is 0 Å². The number of likely N-dealkylation sites (tertiary alicyclic amines) is 1. The van der Waals surface area contributed by atoms with Gasteiger partial charge in [0.05, 0.1) is 19.3 Å². The van der Waals surface area contributed by atoms with Crippen LogP contribution in [0.5, 0.6) is 0 Å². The average molecular weight is 347 g/mol. The first-order valence-corrected chi connectivity index (χ1v) is 8.86. The molecule has 3 amide bonds. The Morgan fingerprint density at radius 1 is 1.12 bits per heavy atom. The van der Waals surface area contributed by atoms with E-state index in [1.807, 2.05) is 35.2 Å². The van der Waals surface area contributed by atoms with Crippen molar-refractivity contribution in [2.45, 2.75) is 38.0 Å². The Hall–Kier alpha value is -2.12. The first-order valence-electron chi connectivity index (χ1n) is 8.86. The van der Waals surface area contributed by atoms with Crippen LogP contribution < -0.4 is 10.6 Å². The van der Waals surface area contributed by atoms with Crippen LogP contribution in [0.15, 0.2) is 30.3 Å². The highest BCUT2D eigenvalue weighted by Gasteiger charge is 2.35. The second kappa shape index (κ2) is 8.82. The van der Waals surface area contributed by atoms with Crippen LogP contribution in [0.25, 0.3) is 0 Å². The summed E-state index contributed by atoms with van der Waals surface area (Å²) >= 11 is 0. The molecule has 0 aliphatic carbocycles. The highest BCUT2D eigenvalue weighted by Crippen LogP contribution is 2.24. The minimum atomic E-state index is -0.309. The van der Waals surface area contributed by atoms with E-state index >= 15 is 0 Å². The van der Waals surface area contributed by atoms with Crippen LogP contribution in [-0.2, 0) is 14.3 Å². The third kappa shape index (κ3) is 4.93. The second-order valence-electron chi connectivity index (χ2n) is 6.26. The van der Waals surface area contributed by atoms with E-state index in [-0.39, 0.29) is 30.7 Å². The number of hydrogen-bond acceptors (Lipinski definition) is 4. The lowest BCUT2D eigenvalue weighted by atomic mass is 10.0. The van der Waals surface area contributed by atoms with Crippen molar-refractivity contribution in [1.82, 2.24) is 10.2 Å². The quantitative estimate of drug-likeness (QED) is 0.853. The van der Waals surface area contributed by atoms with Gasteiger partial charge < -0.3 is 25.0 Å². The molecule has 1 aromatic rings. The van der Waals surface area contributed by atoms with E-state index in [1.54, 1.807) is 0 Å². The number of piperidine rings is 1. The summed E-state index contributed by atoms with van der Waals surface area (Å²) in [5, 5.41) is 5.46. The largest absolute Gasteiger partial charge is 0.348 e. The molecule has 2 saturated heterocycles. The van der Waals surface area contributed by atoms with Gasteiger partial charge in [-0.3, -0.25) is 4.79 Å². The maximum absolute atomic E-state index is 12.5. The van der Waals surface area contributed by atoms with Crippen molar-refractivity contribution in [2.24, 2.45) is 0 Å². The van der Waals surface area contributed by atoms with Crippen LogP contribution in [0, 0.1) is 0 Å². The highest BCUT2D eigenvalue weighted by atomic mass is 16.7. The molecule has 0 radical (unpaired) electrons. The maximum Gasteiger partial charge on any atom is 0.319 e. The monoisotopic (exact) mass is 347 g/mol. The van der Waals surface area contributed by atoms with Crippen molar-refractivity contribution >= 4 is 17.6 Å². The van der Waals surface area contributed by atoms with Gasteiger partial charge in [-0.05, 0) is 31.4 Å². The number of rotatable bonds is 5. The van der Waals surface area contributed by atoms with Gasteiger partial charge in [-0.2, -0.15) is 0 Å². The molecule has 25 heavy (non-hydrogen) atoms. The maximum atomic E-state index is 12.5. The molecular weight excluding hydrogens is 322 g/mol. The van der Waals surface area contributed by atoms with E-state index in [4.69, 9.17) is 9.47 Å². The third-order valence-corrected chi connectivity index (χ3v) is 4.49. The number of para-hydroxylation sites is 1. The minimum Gasteiger partial charge on any atom is -0.348 e. The van der Waals surface area contributed by atoms with Crippen molar-refractivity contribution in [1.29, 1.82) is 0 Å². The number of anilines is 1. The van der Waals surface area contributed by atoms with Gasteiger partial charge in [-0.15, -0.1) is 0 Å². The minimum absolute atomic E-state index is 0.0121. The summed E-state index contributed by atoms with van der Waals surface area (Å²) in [6, 6.07) is 8.88. The molecule has 1 atom stereocenters. The van der Waals surface area contributed by atoms with Gasteiger partial charge in [0.2, 0.25) is 5.91 Å². The first kappa shape index (κ1) is 17.7. The Labute approximate surface area is 147 Å². The molecular formula is C18H25N3O4. The van der Waals surface area contributed by atoms with Gasteiger partial charge in [0, 0.05) is 25.2 Å². The summed E-state index contributed by atoms with van der Waals surface area (Å²) < 4.78 is 11.2. The van der Waals surface area contributed by atoms with Crippen LogP contribution in [0.2, 0.25) is 0 Å². The third-order valence-electron chi connectivity index (χ3n) is 4.49. The molecule has 136 valence electrons. The molecule has 1 aromatic carbocycles. The topological polar surface area (TPSA) is 79.9 Å². The molecule has 2 fully saturated rings. The Morgan fingerprint density at radius 2 is 1.88 bits per heavy atom. The molecule has 2 aliphatic heterocycles. The van der Waals surface area contributed by atoms with Gasteiger partial charge in [-0.1, -0.05) is 18.2 Å². The Balaban J connectivity index is 1.43. The SMILES string of the molecule is O=C(NCCC(=O)N1CCCCC1C1OCCO1)Nc1ccccc1. The number of carbonyl (C=O) groups excluding carboxylic acids is 2. The Morgan fingerprint density at radius 3 is 2.64 bits per heavy atom. The van der Waals surface area contributed by atoms with E-state index in [0.717, 1.165) is 31.5 Å². The van der Waals surface area contributed by atoms with E-state index in [1.165, 1.54) is 0 Å². The lowest BCUT2D eigenvalue weighted by Gasteiger charge is -2.38. The second-order valence-corrected chi connectivity index (χ2v) is 6.26. The Kier molecular flexibility index (Phi) is 6.25. The normalized spacial score (nSPS) is 21.1. The van der Waals surface area contributed by atoms with Crippen molar-refractivity contribution in [2.75, 3.05) is 31.6 Å². The number of nitrogens with one attached hydrogen (secondary N) is 2. The molecule has 2 N–H and O–H groups in total. The van der Waals surface area contributed by atoms with E-state index < -0.39 is 0 Å². The number of nitrogens with zero attached hydrogens (tertiary/aromatic N) is 1. The molecule has 2 heterocycles. The first-order chi connectivity index (χ1) is 12.2. The Bertz CT molecular complexity index is 575. The number of urea groups is 1. The number of ether oxygens (including phenoxy) is 2. The zero-order chi connectivity index (χ0) is 17.5. The van der Waals surface area contributed by atoms with E-state index in [2.05, 4.69) is 10.6 Å². The van der Waals surface area contributed by atoms with Gasteiger partial charge in [0.25, 0.3) is 0 Å². The van der Waals surface area contributed by atoms with Crippen LogP contribution in [0.4, 0.5) is 10.5 Å². The average Bonchev–Trinajstić information content (AvgIpc) is 3.17. The lowest BCUT2D eigenvalue weighted by Crippen LogP contribution is -2.50. The fraction of sp³-hybridized carbons (Fsp3) is 0.556.